The molecule has 19 heavy (non-hydrogen) atoms. The average molecular weight is 267 g/mol. The van der Waals surface area contributed by atoms with E-state index >= 15 is 0 Å². The molecule has 0 rings (SSSR count). The van der Waals surface area contributed by atoms with E-state index in [1.807, 2.05) is 25.2 Å². The maximum atomic E-state index is 11.7. The molecule has 0 spiro atoms. The zero-order valence-corrected chi connectivity index (χ0v) is 10.9. The van der Waals surface area contributed by atoms with Gasteiger partial charge in [-0.2, -0.15) is 5.26 Å². The van der Waals surface area contributed by atoms with Gasteiger partial charge in [0.25, 0.3) is 5.91 Å². The van der Waals surface area contributed by atoms with Gasteiger partial charge in [-0.25, -0.2) is 9.59 Å². The summed E-state index contributed by atoms with van der Waals surface area (Å²) in [6.45, 7) is 4.43. The van der Waals surface area contributed by atoms with Gasteiger partial charge in [-0.3, -0.25) is 10.1 Å². The zero-order valence-electron chi connectivity index (χ0n) is 10.9. The van der Waals surface area contributed by atoms with Crippen LogP contribution in [0.5, 0.6) is 0 Å². The van der Waals surface area contributed by atoms with Crippen molar-refractivity contribution in [2.45, 2.75) is 20.3 Å². The molecule has 0 aliphatic heterocycles. The number of nitrogens with zero attached hydrogens (tertiary/aromatic N) is 2. The molecule has 0 aromatic carbocycles. The van der Waals surface area contributed by atoms with Crippen LogP contribution in [0.25, 0.3) is 0 Å². The minimum atomic E-state index is -1.27. The molecule has 0 saturated carbocycles. The van der Waals surface area contributed by atoms with Gasteiger partial charge in [0, 0.05) is 25.2 Å². The smallest absolute Gasteiger partial charge is 0.328 e. The molecule has 0 radical (unpaired) electrons. The molecule has 0 saturated heterocycles. The number of imide groups is 1. The Morgan fingerprint density at radius 3 is 2.47 bits per heavy atom. The summed E-state index contributed by atoms with van der Waals surface area (Å²) in [4.78, 5) is 34.6. The van der Waals surface area contributed by atoms with Crippen molar-refractivity contribution in [2.75, 3.05) is 13.1 Å². The summed E-state index contributed by atoms with van der Waals surface area (Å²) in [5.74, 6) is -1.89. The van der Waals surface area contributed by atoms with E-state index in [2.05, 4.69) is 0 Å². The van der Waals surface area contributed by atoms with Gasteiger partial charge in [-0.1, -0.05) is 13.8 Å². The van der Waals surface area contributed by atoms with Crippen LogP contribution in [0.1, 0.15) is 20.3 Å². The fourth-order valence-electron chi connectivity index (χ4n) is 1.27. The summed E-state index contributed by atoms with van der Waals surface area (Å²) in [5, 5.41) is 18.9. The van der Waals surface area contributed by atoms with Gasteiger partial charge in [0.15, 0.2) is 0 Å². The van der Waals surface area contributed by atoms with Crippen LogP contribution in [0, 0.1) is 17.2 Å². The highest BCUT2D eigenvalue weighted by atomic mass is 16.4. The number of carboxylic acids is 1. The lowest BCUT2D eigenvalue weighted by Crippen LogP contribution is -2.44. The molecule has 0 heterocycles. The van der Waals surface area contributed by atoms with Crippen LogP contribution in [0.4, 0.5) is 4.79 Å². The molecule has 7 heteroatoms. The summed E-state index contributed by atoms with van der Waals surface area (Å²) in [6.07, 6.45) is 1.57. The minimum absolute atomic E-state index is 0.166. The fraction of sp³-hybridized carbons (Fsp3) is 0.500. The fourth-order valence-corrected chi connectivity index (χ4v) is 1.27. The second-order valence-electron chi connectivity index (χ2n) is 4.21. The number of nitriles is 1. The van der Waals surface area contributed by atoms with Crippen molar-refractivity contribution < 1.29 is 19.5 Å². The Morgan fingerprint density at radius 2 is 2.00 bits per heavy atom. The highest BCUT2D eigenvalue weighted by Gasteiger charge is 2.16. The van der Waals surface area contributed by atoms with E-state index < -0.39 is 17.9 Å². The lowest BCUT2D eigenvalue weighted by molar-refractivity contribution is -0.131. The van der Waals surface area contributed by atoms with Crippen molar-refractivity contribution in [1.29, 1.82) is 5.26 Å². The van der Waals surface area contributed by atoms with Crippen molar-refractivity contribution in [2.24, 2.45) is 5.92 Å². The Hall–Kier alpha value is -2.36. The molecule has 104 valence electrons. The number of nitrogens with one attached hydrogen (secondary N) is 1. The quantitative estimate of drug-likeness (QED) is 0.689. The maximum Gasteiger partial charge on any atom is 0.328 e. The third-order valence-electron chi connectivity index (χ3n) is 1.97. The number of urea groups is 1. The Kier molecular flexibility index (Phi) is 7.61. The van der Waals surface area contributed by atoms with E-state index in [4.69, 9.17) is 10.4 Å². The number of carboxylic acid groups (broad SMARTS) is 1. The zero-order chi connectivity index (χ0) is 14.8. The number of aliphatic carboxylic acids is 1. The third kappa shape index (κ3) is 8.37. The Bertz CT molecular complexity index is 410. The molecule has 0 unspecified atom stereocenters. The van der Waals surface area contributed by atoms with Gasteiger partial charge in [-0.05, 0) is 5.92 Å². The molecule has 3 amide bonds. The molecule has 0 aromatic rings. The average Bonchev–Trinajstić information content (AvgIpc) is 2.31. The lowest BCUT2D eigenvalue weighted by atomic mass is 10.2. The second-order valence-corrected chi connectivity index (χ2v) is 4.21. The Labute approximate surface area is 111 Å². The predicted molar refractivity (Wildman–Crippen MR) is 67.0 cm³/mol. The Morgan fingerprint density at radius 1 is 1.37 bits per heavy atom. The lowest BCUT2D eigenvalue weighted by Gasteiger charge is -2.23. The molecule has 7 nitrogen and oxygen atoms in total. The van der Waals surface area contributed by atoms with Crippen molar-refractivity contribution >= 4 is 17.9 Å². The molecule has 0 fully saturated rings. The van der Waals surface area contributed by atoms with E-state index in [9.17, 15) is 14.4 Å². The number of amides is 3. The van der Waals surface area contributed by atoms with E-state index in [0.29, 0.717) is 12.6 Å². The van der Waals surface area contributed by atoms with E-state index in [0.717, 1.165) is 6.08 Å². The monoisotopic (exact) mass is 267 g/mol. The molecular weight excluding hydrogens is 250 g/mol. The van der Waals surface area contributed by atoms with Gasteiger partial charge >= 0.3 is 12.0 Å². The van der Waals surface area contributed by atoms with E-state index in [1.165, 1.54) is 4.90 Å². The van der Waals surface area contributed by atoms with Crippen molar-refractivity contribution in [3.8, 4) is 6.07 Å². The predicted octanol–water partition coefficient (Wildman–Crippen LogP) is 0.735. The summed E-state index contributed by atoms with van der Waals surface area (Å²) in [5.41, 5.74) is 0. The van der Waals surface area contributed by atoms with Crippen LogP contribution in [0.3, 0.4) is 0 Å². The van der Waals surface area contributed by atoms with Crippen LogP contribution in [0.2, 0.25) is 0 Å². The van der Waals surface area contributed by atoms with Crippen LogP contribution in [-0.2, 0) is 9.59 Å². The molecule has 0 aliphatic rings. The number of hydrogen-bond acceptors (Lipinski definition) is 4. The molecule has 0 atom stereocenters. The number of hydrogen-bond donors (Lipinski definition) is 2. The van der Waals surface area contributed by atoms with Gasteiger partial charge in [0.2, 0.25) is 0 Å². The summed E-state index contributed by atoms with van der Waals surface area (Å²) in [7, 11) is 0. The topological polar surface area (TPSA) is 111 Å². The van der Waals surface area contributed by atoms with Crippen LogP contribution >= 0.6 is 0 Å². The van der Waals surface area contributed by atoms with Crippen LogP contribution in [-0.4, -0.2) is 41.0 Å². The summed E-state index contributed by atoms with van der Waals surface area (Å²) >= 11 is 0. The molecule has 0 aliphatic carbocycles. The molecule has 2 N–H and O–H groups in total. The first-order valence-corrected chi connectivity index (χ1v) is 5.74. The van der Waals surface area contributed by atoms with Crippen LogP contribution in [0.15, 0.2) is 12.2 Å². The second kappa shape index (κ2) is 8.69. The van der Waals surface area contributed by atoms with Gasteiger partial charge < -0.3 is 10.0 Å². The van der Waals surface area contributed by atoms with Gasteiger partial charge in [0.1, 0.15) is 0 Å². The van der Waals surface area contributed by atoms with Crippen molar-refractivity contribution in [1.82, 2.24) is 10.2 Å². The van der Waals surface area contributed by atoms with E-state index in [-0.39, 0.29) is 18.9 Å². The normalized spacial score (nSPS) is 10.2. The number of rotatable bonds is 6. The van der Waals surface area contributed by atoms with Crippen molar-refractivity contribution in [3.05, 3.63) is 12.2 Å². The van der Waals surface area contributed by atoms with Crippen molar-refractivity contribution in [3.63, 3.8) is 0 Å². The number of carbonyl (C=O) groups excluding carboxylic acids is 2. The molecule has 0 aromatic heterocycles. The first-order chi connectivity index (χ1) is 8.86. The highest BCUT2D eigenvalue weighted by molar-refractivity contribution is 6.02. The Balaban J connectivity index is 4.50. The van der Waals surface area contributed by atoms with Gasteiger partial charge in [-0.15, -0.1) is 0 Å². The summed E-state index contributed by atoms with van der Waals surface area (Å²) < 4.78 is 0. The minimum Gasteiger partial charge on any atom is -0.478 e. The first kappa shape index (κ1) is 16.6. The first-order valence-electron chi connectivity index (χ1n) is 5.74. The largest absolute Gasteiger partial charge is 0.478 e. The SMILES string of the molecule is CC(C)CN(CCC#N)C(=O)NC(=O)C=CC(=O)O. The molecule has 0 bridgehead atoms. The molecular formula is C12H17N3O4. The maximum absolute atomic E-state index is 11.7. The standard InChI is InChI=1S/C12H17N3O4/c1-9(2)8-15(7-3-6-13)12(19)14-10(16)4-5-11(17)18/h4-5,9H,3,7-8H2,1-2H3,(H,17,18)(H,14,16,19). The highest BCUT2D eigenvalue weighted by Crippen LogP contribution is 2.00. The summed E-state index contributed by atoms with van der Waals surface area (Å²) in [6, 6.07) is 1.29. The number of carbonyl (C=O) groups is 3. The van der Waals surface area contributed by atoms with Crippen LogP contribution < -0.4 is 5.32 Å². The van der Waals surface area contributed by atoms with Gasteiger partial charge in [0.05, 0.1) is 12.5 Å². The third-order valence-corrected chi connectivity index (χ3v) is 1.97. The van der Waals surface area contributed by atoms with E-state index in [1.54, 1.807) is 0 Å².